The summed E-state index contributed by atoms with van der Waals surface area (Å²) in [5, 5.41) is 0. The molecule has 3 nitrogen and oxygen atoms in total. The van der Waals surface area contributed by atoms with Crippen molar-refractivity contribution in [2.45, 2.75) is 0 Å². The molecule has 3 heterocycles. The molecule has 0 aliphatic heterocycles. The highest BCUT2D eigenvalue weighted by Gasteiger charge is 2.20. The monoisotopic (exact) mass is 349 g/mol. The topological polar surface area (TPSA) is 14.8 Å². The van der Waals surface area contributed by atoms with Crippen LogP contribution in [-0.4, -0.2) is 13.9 Å². The van der Waals surface area contributed by atoms with E-state index in [0.717, 1.165) is 5.82 Å². The predicted octanol–water partition coefficient (Wildman–Crippen LogP) is 5.73. The van der Waals surface area contributed by atoms with Crippen LogP contribution in [0.3, 0.4) is 0 Å². The standard InChI is InChI=1S/C24H19N3/c1-3-11-20(12-4-1)22-19-27(26-17-9-10-18-26)24(25-15-7-8-16-25)23(22)21-13-5-2-6-14-21/h1-19H. The van der Waals surface area contributed by atoms with Gasteiger partial charge in [-0.25, -0.2) is 4.68 Å². The minimum Gasteiger partial charge on any atom is -0.308 e. The van der Waals surface area contributed by atoms with Gasteiger partial charge in [0.1, 0.15) is 5.82 Å². The molecule has 0 bridgehead atoms. The summed E-state index contributed by atoms with van der Waals surface area (Å²) < 4.78 is 6.48. The SMILES string of the molecule is c1ccc(-c2cn(-n3cccc3)c(-n3cccc3)c2-c2ccccc2)cc1. The number of hydrogen-bond acceptors (Lipinski definition) is 0. The van der Waals surface area contributed by atoms with E-state index < -0.39 is 0 Å². The van der Waals surface area contributed by atoms with Crippen LogP contribution in [-0.2, 0) is 0 Å². The molecular formula is C24H19N3. The van der Waals surface area contributed by atoms with Crippen LogP contribution in [0.25, 0.3) is 28.1 Å². The van der Waals surface area contributed by atoms with Crippen molar-refractivity contribution in [3.05, 3.63) is 116 Å². The first kappa shape index (κ1) is 15.5. The molecule has 0 radical (unpaired) electrons. The maximum atomic E-state index is 2.22. The van der Waals surface area contributed by atoms with Gasteiger partial charge in [0, 0.05) is 42.1 Å². The molecule has 3 aromatic heterocycles. The second-order valence-electron chi connectivity index (χ2n) is 6.47. The summed E-state index contributed by atoms with van der Waals surface area (Å²) in [4.78, 5) is 0. The lowest BCUT2D eigenvalue weighted by Gasteiger charge is -2.14. The summed E-state index contributed by atoms with van der Waals surface area (Å²) in [6.45, 7) is 0. The van der Waals surface area contributed by atoms with Gasteiger partial charge in [0.05, 0.1) is 0 Å². The third-order valence-electron chi connectivity index (χ3n) is 4.80. The fraction of sp³-hybridized carbons (Fsp3) is 0. The maximum Gasteiger partial charge on any atom is 0.145 e. The van der Waals surface area contributed by atoms with Crippen molar-refractivity contribution >= 4 is 0 Å². The van der Waals surface area contributed by atoms with Gasteiger partial charge in [-0.05, 0) is 35.4 Å². The molecule has 27 heavy (non-hydrogen) atoms. The van der Waals surface area contributed by atoms with Gasteiger partial charge in [-0.15, -0.1) is 0 Å². The van der Waals surface area contributed by atoms with E-state index in [1.165, 1.54) is 22.3 Å². The second kappa shape index (κ2) is 6.54. The largest absolute Gasteiger partial charge is 0.308 e. The number of aromatic nitrogens is 3. The number of nitrogens with zero attached hydrogens (tertiary/aromatic N) is 3. The molecule has 0 saturated heterocycles. The van der Waals surface area contributed by atoms with Crippen LogP contribution in [0, 0.1) is 0 Å². The molecule has 0 unspecified atom stereocenters. The smallest absolute Gasteiger partial charge is 0.145 e. The van der Waals surface area contributed by atoms with Crippen LogP contribution < -0.4 is 0 Å². The van der Waals surface area contributed by atoms with Gasteiger partial charge in [-0.1, -0.05) is 60.7 Å². The Morgan fingerprint density at radius 1 is 0.519 bits per heavy atom. The average molecular weight is 349 g/mol. The number of rotatable bonds is 4. The molecule has 0 fully saturated rings. The summed E-state index contributed by atoms with van der Waals surface area (Å²) in [5.74, 6) is 1.11. The number of hydrogen-bond donors (Lipinski definition) is 0. The molecule has 0 saturated carbocycles. The van der Waals surface area contributed by atoms with Crippen molar-refractivity contribution in [1.82, 2.24) is 13.9 Å². The molecule has 0 N–H and O–H groups in total. The van der Waals surface area contributed by atoms with Gasteiger partial charge in [-0.3, -0.25) is 4.68 Å². The molecule has 5 aromatic rings. The molecule has 2 aromatic carbocycles. The van der Waals surface area contributed by atoms with Crippen molar-refractivity contribution in [2.75, 3.05) is 0 Å². The zero-order valence-corrected chi connectivity index (χ0v) is 14.8. The first-order valence-electron chi connectivity index (χ1n) is 9.05. The Hall–Kier alpha value is -3.72. The lowest BCUT2D eigenvalue weighted by molar-refractivity contribution is 0.647. The Balaban J connectivity index is 1.88. The van der Waals surface area contributed by atoms with Crippen LogP contribution >= 0.6 is 0 Å². The van der Waals surface area contributed by atoms with E-state index in [2.05, 4.69) is 118 Å². The highest BCUT2D eigenvalue weighted by Crippen LogP contribution is 2.38. The minimum atomic E-state index is 1.11. The quantitative estimate of drug-likeness (QED) is 0.394. The van der Waals surface area contributed by atoms with Gasteiger partial charge in [0.25, 0.3) is 0 Å². The summed E-state index contributed by atoms with van der Waals surface area (Å²) >= 11 is 0. The van der Waals surface area contributed by atoms with Crippen LogP contribution in [0.15, 0.2) is 116 Å². The molecule has 0 aliphatic rings. The fourth-order valence-corrected chi connectivity index (χ4v) is 3.58. The van der Waals surface area contributed by atoms with E-state index in [1.54, 1.807) is 0 Å². The van der Waals surface area contributed by atoms with Crippen LogP contribution in [0.4, 0.5) is 0 Å². The lowest BCUT2D eigenvalue weighted by atomic mass is 9.98. The third kappa shape index (κ3) is 2.70. The predicted molar refractivity (Wildman–Crippen MR) is 110 cm³/mol. The van der Waals surface area contributed by atoms with Gasteiger partial charge >= 0.3 is 0 Å². The van der Waals surface area contributed by atoms with E-state index in [0.29, 0.717) is 0 Å². The molecule has 130 valence electrons. The van der Waals surface area contributed by atoms with E-state index in [9.17, 15) is 0 Å². The number of benzene rings is 2. The fourth-order valence-electron chi connectivity index (χ4n) is 3.58. The Morgan fingerprint density at radius 2 is 1.07 bits per heavy atom. The first-order chi connectivity index (χ1) is 13.4. The molecule has 0 aliphatic carbocycles. The van der Waals surface area contributed by atoms with Crippen molar-refractivity contribution in [3.63, 3.8) is 0 Å². The summed E-state index contributed by atoms with van der Waals surface area (Å²) in [7, 11) is 0. The Bertz CT molecular complexity index is 1130. The molecule has 3 heteroatoms. The maximum absolute atomic E-state index is 2.22. The highest BCUT2D eigenvalue weighted by molar-refractivity contribution is 5.89. The van der Waals surface area contributed by atoms with E-state index in [1.807, 2.05) is 12.1 Å². The lowest BCUT2D eigenvalue weighted by Crippen LogP contribution is -2.10. The summed E-state index contributed by atoms with van der Waals surface area (Å²) in [6.07, 6.45) is 10.5. The Kier molecular flexibility index (Phi) is 3.76. The van der Waals surface area contributed by atoms with Gasteiger partial charge in [0.15, 0.2) is 0 Å². The van der Waals surface area contributed by atoms with E-state index >= 15 is 0 Å². The van der Waals surface area contributed by atoms with Gasteiger partial charge in [0.2, 0.25) is 0 Å². The molecule has 5 rings (SSSR count). The molecular weight excluding hydrogens is 330 g/mol. The minimum absolute atomic E-state index is 1.11. The molecule has 0 atom stereocenters. The summed E-state index contributed by atoms with van der Waals surface area (Å²) in [5.41, 5.74) is 4.83. The van der Waals surface area contributed by atoms with Crippen molar-refractivity contribution in [2.24, 2.45) is 0 Å². The highest BCUT2D eigenvalue weighted by atomic mass is 15.5. The van der Waals surface area contributed by atoms with Crippen molar-refractivity contribution < 1.29 is 0 Å². The molecule has 0 amide bonds. The zero-order chi connectivity index (χ0) is 18.1. The second-order valence-corrected chi connectivity index (χ2v) is 6.47. The molecule has 0 spiro atoms. The van der Waals surface area contributed by atoms with Crippen molar-refractivity contribution in [3.8, 4) is 28.1 Å². The Labute approximate surface area is 158 Å². The van der Waals surface area contributed by atoms with Crippen LogP contribution in [0.1, 0.15) is 0 Å². The van der Waals surface area contributed by atoms with Crippen molar-refractivity contribution in [1.29, 1.82) is 0 Å². The van der Waals surface area contributed by atoms with E-state index in [4.69, 9.17) is 0 Å². The van der Waals surface area contributed by atoms with Gasteiger partial charge < -0.3 is 4.57 Å². The van der Waals surface area contributed by atoms with Crippen LogP contribution in [0.5, 0.6) is 0 Å². The normalized spacial score (nSPS) is 11.0. The van der Waals surface area contributed by atoms with E-state index in [-0.39, 0.29) is 0 Å². The average Bonchev–Trinajstić information content (AvgIpc) is 3.48. The van der Waals surface area contributed by atoms with Gasteiger partial charge in [-0.2, -0.15) is 0 Å². The third-order valence-corrected chi connectivity index (χ3v) is 4.80. The summed E-state index contributed by atoms with van der Waals surface area (Å²) in [6, 6.07) is 29.4. The zero-order valence-electron chi connectivity index (χ0n) is 14.8. The Morgan fingerprint density at radius 3 is 1.70 bits per heavy atom. The first-order valence-corrected chi connectivity index (χ1v) is 9.05. The van der Waals surface area contributed by atoms with Crippen LogP contribution in [0.2, 0.25) is 0 Å².